The summed E-state index contributed by atoms with van der Waals surface area (Å²) in [5.74, 6) is 0.903. The Labute approximate surface area is 198 Å². The van der Waals surface area contributed by atoms with E-state index in [2.05, 4.69) is 27.9 Å². The number of nitrogens with zero attached hydrogens (tertiary/aromatic N) is 1. The van der Waals surface area contributed by atoms with Crippen molar-refractivity contribution in [3.8, 4) is 0 Å². The molecule has 1 amide bonds. The Balaban J connectivity index is 0.00000320. The number of ether oxygens (including phenoxy) is 2. The van der Waals surface area contributed by atoms with Crippen LogP contribution in [0.3, 0.4) is 0 Å². The highest BCUT2D eigenvalue weighted by molar-refractivity contribution is 14.0. The second-order valence-electron chi connectivity index (χ2n) is 9.87. The van der Waals surface area contributed by atoms with Crippen LogP contribution in [0.5, 0.6) is 0 Å². The number of carbonyl (C=O) groups is 1. The molecule has 0 aliphatic heterocycles. The van der Waals surface area contributed by atoms with Gasteiger partial charge in [-0.25, -0.2) is 4.79 Å². The minimum atomic E-state index is -0.457. The van der Waals surface area contributed by atoms with Gasteiger partial charge in [-0.2, -0.15) is 0 Å². The Morgan fingerprint density at radius 1 is 1.07 bits per heavy atom. The second kappa shape index (κ2) is 10.7. The van der Waals surface area contributed by atoms with Crippen molar-refractivity contribution in [1.29, 1.82) is 0 Å². The monoisotopic (exact) mass is 536 g/mol. The van der Waals surface area contributed by atoms with Gasteiger partial charge in [-0.1, -0.05) is 6.42 Å². The number of hydrogen-bond acceptors (Lipinski definition) is 4. The van der Waals surface area contributed by atoms with E-state index in [4.69, 9.17) is 9.47 Å². The van der Waals surface area contributed by atoms with Crippen molar-refractivity contribution in [1.82, 2.24) is 16.0 Å². The maximum atomic E-state index is 12.0. The standard InChI is InChI=1S/C22H40N4O3.HI/c1-6-28-18-14-17(22(18)12-7-13-22)26-19(23-5)24-15-8-10-16(11-9-15)25-20(27)29-21(2,3)4;/h15-18H,6-14H2,1-5H3,(H,25,27)(H2,23,24,26);1H. The third-order valence-corrected chi connectivity index (χ3v) is 6.76. The number of alkyl carbamates (subject to hydrolysis) is 1. The van der Waals surface area contributed by atoms with Gasteiger partial charge in [0.25, 0.3) is 0 Å². The highest BCUT2D eigenvalue weighted by Gasteiger charge is 2.59. The number of rotatable bonds is 5. The molecule has 0 aromatic carbocycles. The molecule has 30 heavy (non-hydrogen) atoms. The first-order valence-corrected chi connectivity index (χ1v) is 11.4. The quantitative estimate of drug-likeness (QED) is 0.282. The highest BCUT2D eigenvalue weighted by atomic mass is 127. The van der Waals surface area contributed by atoms with E-state index in [0.29, 0.717) is 23.6 Å². The number of hydrogen-bond donors (Lipinski definition) is 3. The first kappa shape index (κ1) is 25.5. The summed E-state index contributed by atoms with van der Waals surface area (Å²) in [7, 11) is 1.84. The zero-order valence-corrected chi connectivity index (χ0v) is 21.6. The van der Waals surface area contributed by atoms with Gasteiger partial charge in [0, 0.05) is 37.2 Å². The summed E-state index contributed by atoms with van der Waals surface area (Å²) >= 11 is 0. The van der Waals surface area contributed by atoms with Crippen LogP contribution in [0, 0.1) is 5.41 Å². The Bertz CT molecular complexity index is 596. The molecule has 0 radical (unpaired) electrons. The number of nitrogens with one attached hydrogen (secondary N) is 3. The predicted octanol–water partition coefficient (Wildman–Crippen LogP) is 3.95. The molecule has 0 saturated heterocycles. The van der Waals surface area contributed by atoms with Gasteiger partial charge in [0.05, 0.1) is 6.10 Å². The van der Waals surface area contributed by atoms with Crippen LogP contribution in [0.2, 0.25) is 0 Å². The summed E-state index contributed by atoms with van der Waals surface area (Å²) in [4.78, 5) is 16.4. The van der Waals surface area contributed by atoms with E-state index in [-0.39, 0.29) is 36.1 Å². The molecule has 2 unspecified atom stereocenters. The SMILES string of the molecule is CCOC1CC(NC(=NC)NC2CCC(NC(=O)OC(C)(C)C)CC2)C12CCC2.I. The topological polar surface area (TPSA) is 84.0 Å². The van der Waals surface area contributed by atoms with Crippen LogP contribution in [0.15, 0.2) is 4.99 Å². The van der Waals surface area contributed by atoms with Crippen molar-refractivity contribution < 1.29 is 14.3 Å². The zero-order valence-electron chi connectivity index (χ0n) is 19.3. The lowest BCUT2D eigenvalue weighted by Crippen LogP contribution is -2.69. The molecule has 3 fully saturated rings. The minimum Gasteiger partial charge on any atom is -0.444 e. The summed E-state index contributed by atoms with van der Waals surface area (Å²) in [5, 5.41) is 10.3. The lowest BCUT2D eigenvalue weighted by molar-refractivity contribution is -0.168. The van der Waals surface area contributed by atoms with Gasteiger partial charge < -0.3 is 25.4 Å². The first-order valence-electron chi connectivity index (χ1n) is 11.4. The van der Waals surface area contributed by atoms with E-state index in [0.717, 1.165) is 44.7 Å². The summed E-state index contributed by atoms with van der Waals surface area (Å²) in [6.07, 6.45) is 8.92. The van der Waals surface area contributed by atoms with Crippen LogP contribution in [0.25, 0.3) is 0 Å². The van der Waals surface area contributed by atoms with Crippen molar-refractivity contribution >= 4 is 36.0 Å². The maximum Gasteiger partial charge on any atom is 0.407 e. The average Bonchev–Trinajstić information content (AvgIpc) is 2.58. The number of halogens is 1. The molecule has 0 bridgehead atoms. The molecule has 8 heteroatoms. The molecule has 3 aliphatic carbocycles. The van der Waals surface area contributed by atoms with Crippen LogP contribution < -0.4 is 16.0 Å². The van der Waals surface area contributed by atoms with Crippen molar-refractivity contribution in [3.63, 3.8) is 0 Å². The normalized spacial score (nSPS) is 30.4. The minimum absolute atomic E-state index is 0. The van der Waals surface area contributed by atoms with Gasteiger partial charge in [-0.3, -0.25) is 4.99 Å². The van der Waals surface area contributed by atoms with Crippen LogP contribution in [-0.4, -0.2) is 55.5 Å². The first-order chi connectivity index (χ1) is 13.8. The van der Waals surface area contributed by atoms with Gasteiger partial charge in [0.15, 0.2) is 5.96 Å². The highest BCUT2D eigenvalue weighted by Crippen LogP contribution is 2.57. The Hall–Kier alpha value is -0.770. The van der Waals surface area contributed by atoms with Gasteiger partial charge in [-0.15, -0.1) is 24.0 Å². The van der Waals surface area contributed by atoms with Crippen molar-refractivity contribution in [2.24, 2.45) is 10.4 Å². The molecule has 1 spiro atoms. The summed E-state index contributed by atoms with van der Waals surface area (Å²) in [6, 6.07) is 1.04. The molecule has 174 valence electrons. The van der Waals surface area contributed by atoms with Crippen LogP contribution in [0.1, 0.15) is 79.1 Å². The fourth-order valence-electron chi connectivity index (χ4n) is 5.03. The van der Waals surface area contributed by atoms with Crippen LogP contribution >= 0.6 is 24.0 Å². The van der Waals surface area contributed by atoms with Gasteiger partial charge in [-0.05, 0) is 72.6 Å². The number of amides is 1. The summed E-state index contributed by atoms with van der Waals surface area (Å²) in [6.45, 7) is 8.55. The Kier molecular flexibility index (Phi) is 9.09. The van der Waals surface area contributed by atoms with E-state index >= 15 is 0 Å². The molecule has 7 nitrogen and oxygen atoms in total. The molecule has 3 saturated carbocycles. The molecule has 3 rings (SSSR count). The van der Waals surface area contributed by atoms with E-state index in [9.17, 15) is 4.79 Å². The molecule has 3 N–H and O–H groups in total. The lowest BCUT2D eigenvalue weighted by Gasteiger charge is -2.61. The Morgan fingerprint density at radius 2 is 1.67 bits per heavy atom. The molecule has 0 aromatic heterocycles. The molecule has 0 aromatic rings. The molecule has 0 heterocycles. The maximum absolute atomic E-state index is 12.0. The number of aliphatic imine (C=N–C) groups is 1. The van der Waals surface area contributed by atoms with E-state index in [1.807, 2.05) is 27.8 Å². The third kappa shape index (κ3) is 6.14. The van der Waals surface area contributed by atoms with Crippen LogP contribution in [0.4, 0.5) is 4.79 Å². The predicted molar refractivity (Wildman–Crippen MR) is 131 cm³/mol. The Morgan fingerprint density at radius 3 is 2.13 bits per heavy atom. The van der Waals surface area contributed by atoms with Crippen molar-refractivity contribution in [3.05, 3.63) is 0 Å². The second-order valence-corrected chi connectivity index (χ2v) is 9.87. The zero-order chi connectivity index (χ0) is 21.1. The average molecular weight is 536 g/mol. The molecule has 2 atom stereocenters. The fourth-order valence-corrected chi connectivity index (χ4v) is 5.03. The van der Waals surface area contributed by atoms with Gasteiger partial charge in [0.2, 0.25) is 0 Å². The largest absolute Gasteiger partial charge is 0.444 e. The summed E-state index contributed by atoms with van der Waals surface area (Å²) < 4.78 is 11.3. The van der Waals surface area contributed by atoms with Gasteiger partial charge in [0.1, 0.15) is 5.60 Å². The summed E-state index contributed by atoms with van der Waals surface area (Å²) in [5.41, 5.74) is -0.135. The molecular weight excluding hydrogens is 495 g/mol. The van der Waals surface area contributed by atoms with Crippen LogP contribution in [-0.2, 0) is 9.47 Å². The number of guanidine groups is 1. The molecule has 3 aliphatic rings. The van der Waals surface area contributed by atoms with Crippen molar-refractivity contribution in [2.75, 3.05) is 13.7 Å². The fraction of sp³-hybridized carbons (Fsp3) is 0.909. The third-order valence-electron chi connectivity index (χ3n) is 6.76. The number of carbonyl (C=O) groups excluding carboxylic acids is 1. The van der Waals surface area contributed by atoms with Crippen molar-refractivity contribution in [2.45, 2.75) is 109 Å². The molecular formula is C22H41IN4O3. The van der Waals surface area contributed by atoms with E-state index in [1.165, 1.54) is 19.3 Å². The van der Waals surface area contributed by atoms with Gasteiger partial charge >= 0.3 is 6.09 Å². The van der Waals surface area contributed by atoms with E-state index < -0.39 is 5.60 Å². The smallest absolute Gasteiger partial charge is 0.407 e. The lowest BCUT2D eigenvalue weighted by atomic mass is 9.51. The van der Waals surface area contributed by atoms with E-state index in [1.54, 1.807) is 0 Å².